The molecular formula is C29H27ClN2O3S. The fraction of sp³-hybridized carbons (Fsp3) is 0.138. The van der Waals surface area contributed by atoms with Gasteiger partial charge in [0.1, 0.15) is 0 Å². The highest BCUT2D eigenvalue weighted by Gasteiger charge is 2.21. The van der Waals surface area contributed by atoms with Crippen LogP contribution in [0.15, 0.2) is 103 Å². The van der Waals surface area contributed by atoms with Crippen LogP contribution in [-0.2, 0) is 16.6 Å². The van der Waals surface area contributed by atoms with Gasteiger partial charge in [-0.1, -0.05) is 90.0 Å². The van der Waals surface area contributed by atoms with Gasteiger partial charge < -0.3 is 5.32 Å². The van der Waals surface area contributed by atoms with Crippen molar-refractivity contribution in [3.8, 4) is 0 Å². The number of hydrogen-bond acceptors (Lipinski definition) is 3. The van der Waals surface area contributed by atoms with Crippen molar-refractivity contribution in [2.45, 2.75) is 19.5 Å². The summed E-state index contributed by atoms with van der Waals surface area (Å²) >= 11 is 6.26. The monoisotopic (exact) mass is 518 g/mol. The molecule has 184 valence electrons. The van der Waals surface area contributed by atoms with E-state index in [9.17, 15) is 13.2 Å². The highest BCUT2D eigenvalue weighted by molar-refractivity contribution is 7.92. The lowest BCUT2D eigenvalue weighted by Crippen LogP contribution is -2.30. The van der Waals surface area contributed by atoms with E-state index in [4.69, 9.17) is 11.6 Å². The van der Waals surface area contributed by atoms with Crippen LogP contribution in [-0.4, -0.2) is 20.6 Å². The van der Waals surface area contributed by atoms with Crippen LogP contribution < -0.4 is 9.62 Å². The fourth-order valence-corrected chi connectivity index (χ4v) is 5.01. The molecule has 1 amide bonds. The van der Waals surface area contributed by atoms with Gasteiger partial charge in [-0.25, -0.2) is 8.42 Å². The van der Waals surface area contributed by atoms with Crippen LogP contribution in [0.3, 0.4) is 0 Å². The summed E-state index contributed by atoms with van der Waals surface area (Å²) in [6.07, 6.45) is 1.15. The van der Waals surface area contributed by atoms with Gasteiger partial charge in [-0.2, -0.15) is 0 Å². The Labute approximate surface area is 217 Å². The van der Waals surface area contributed by atoms with Crippen molar-refractivity contribution in [3.63, 3.8) is 0 Å². The first-order valence-electron chi connectivity index (χ1n) is 11.5. The number of amides is 1. The van der Waals surface area contributed by atoms with Crippen molar-refractivity contribution in [3.05, 3.63) is 136 Å². The van der Waals surface area contributed by atoms with Crippen LogP contribution in [0.5, 0.6) is 0 Å². The zero-order valence-electron chi connectivity index (χ0n) is 20.1. The predicted molar refractivity (Wildman–Crippen MR) is 146 cm³/mol. The summed E-state index contributed by atoms with van der Waals surface area (Å²) < 4.78 is 26.4. The van der Waals surface area contributed by atoms with Gasteiger partial charge in [0.15, 0.2) is 0 Å². The predicted octanol–water partition coefficient (Wildman–Crippen LogP) is 6.13. The minimum absolute atomic E-state index is 0.0908. The van der Waals surface area contributed by atoms with Gasteiger partial charge in [0.05, 0.1) is 24.5 Å². The third kappa shape index (κ3) is 6.14. The fourth-order valence-electron chi connectivity index (χ4n) is 3.94. The van der Waals surface area contributed by atoms with Crippen molar-refractivity contribution in [2.75, 3.05) is 10.6 Å². The Morgan fingerprint density at radius 2 is 1.42 bits per heavy atom. The summed E-state index contributed by atoms with van der Waals surface area (Å²) in [6, 6.07) is 31.2. The number of halogens is 1. The lowest BCUT2D eigenvalue weighted by atomic mass is 9.97. The van der Waals surface area contributed by atoms with Gasteiger partial charge in [-0.15, -0.1) is 0 Å². The van der Waals surface area contributed by atoms with Gasteiger partial charge >= 0.3 is 0 Å². The average molecular weight is 519 g/mol. The first-order chi connectivity index (χ1) is 17.2. The summed E-state index contributed by atoms with van der Waals surface area (Å²) in [5, 5.41) is 3.61. The van der Waals surface area contributed by atoms with Crippen molar-refractivity contribution >= 4 is 33.2 Å². The summed E-state index contributed by atoms with van der Waals surface area (Å²) in [7, 11) is -3.59. The molecule has 0 heterocycles. The van der Waals surface area contributed by atoms with E-state index >= 15 is 0 Å². The second-order valence-electron chi connectivity index (χ2n) is 8.64. The summed E-state index contributed by atoms with van der Waals surface area (Å²) in [5.74, 6) is -0.256. The van der Waals surface area contributed by atoms with E-state index in [0.717, 1.165) is 22.9 Å². The van der Waals surface area contributed by atoms with E-state index in [1.165, 1.54) is 4.31 Å². The molecule has 4 aromatic carbocycles. The first kappa shape index (κ1) is 25.5. The molecule has 0 saturated carbocycles. The second kappa shape index (κ2) is 11.0. The molecule has 0 aliphatic carbocycles. The average Bonchev–Trinajstić information content (AvgIpc) is 2.87. The number of benzene rings is 4. The molecule has 0 radical (unpaired) electrons. The quantitative estimate of drug-likeness (QED) is 0.305. The maximum Gasteiger partial charge on any atom is 0.252 e. The first-order valence-corrected chi connectivity index (χ1v) is 13.7. The zero-order valence-corrected chi connectivity index (χ0v) is 21.6. The molecule has 1 atom stereocenters. The molecule has 4 rings (SSSR count). The molecule has 1 N–H and O–H groups in total. The molecule has 36 heavy (non-hydrogen) atoms. The lowest BCUT2D eigenvalue weighted by Gasteiger charge is -2.23. The Morgan fingerprint density at radius 1 is 0.833 bits per heavy atom. The number of carbonyl (C=O) groups is 1. The smallest absolute Gasteiger partial charge is 0.252 e. The minimum Gasteiger partial charge on any atom is -0.341 e. The van der Waals surface area contributed by atoms with E-state index in [-0.39, 0.29) is 18.5 Å². The normalized spacial score (nSPS) is 12.1. The van der Waals surface area contributed by atoms with Crippen LogP contribution >= 0.6 is 11.6 Å². The molecular weight excluding hydrogens is 492 g/mol. The van der Waals surface area contributed by atoms with E-state index < -0.39 is 10.0 Å². The highest BCUT2D eigenvalue weighted by atomic mass is 35.5. The molecule has 0 aromatic heterocycles. The highest BCUT2D eigenvalue weighted by Crippen LogP contribution is 2.26. The molecule has 0 bridgehead atoms. The van der Waals surface area contributed by atoms with Crippen molar-refractivity contribution in [2.24, 2.45) is 0 Å². The van der Waals surface area contributed by atoms with E-state index in [0.29, 0.717) is 21.8 Å². The van der Waals surface area contributed by atoms with Crippen LogP contribution in [0.1, 0.15) is 38.7 Å². The van der Waals surface area contributed by atoms with Crippen molar-refractivity contribution < 1.29 is 13.2 Å². The third-order valence-corrected chi connectivity index (χ3v) is 7.42. The molecule has 0 aliphatic heterocycles. The van der Waals surface area contributed by atoms with E-state index in [2.05, 4.69) is 5.32 Å². The number of nitrogens with one attached hydrogen (secondary N) is 1. The topological polar surface area (TPSA) is 66.5 Å². The van der Waals surface area contributed by atoms with Crippen LogP contribution in [0.4, 0.5) is 5.69 Å². The maximum absolute atomic E-state index is 13.2. The Morgan fingerprint density at radius 3 is 2.03 bits per heavy atom. The van der Waals surface area contributed by atoms with Crippen LogP contribution in [0.25, 0.3) is 0 Å². The molecule has 0 aliphatic rings. The van der Waals surface area contributed by atoms with Crippen molar-refractivity contribution in [1.82, 2.24) is 5.32 Å². The zero-order chi connectivity index (χ0) is 25.7. The second-order valence-corrected chi connectivity index (χ2v) is 10.9. The standard InChI is InChI=1S/C29H27ClN2O3S/c1-21-12-14-23(15-13-21)28(22-8-4-3-5-9-22)31-29(33)24-16-18-26(19-17-24)32(36(2,34)35)20-25-10-6-7-11-27(25)30/h3-19,28H,20H2,1-2H3,(H,31,33). The Hall–Kier alpha value is -3.61. The number of rotatable bonds is 8. The minimum atomic E-state index is -3.59. The molecule has 1 unspecified atom stereocenters. The number of hydrogen-bond donors (Lipinski definition) is 1. The number of nitrogens with zero attached hydrogens (tertiary/aromatic N) is 1. The number of sulfonamides is 1. The lowest BCUT2D eigenvalue weighted by molar-refractivity contribution is 0.0943. The molecule has 0 saturated heterocycles. The van der Waals surface area contributed by atoms with Gasteiger partial charge in [-0.05, 0) is 53.9 Å². The number of carbonyl (C=O) groups excluding carboxylic acids is 1. The third-order valence-electron chi connectivity index (χ3n) is 5.91. The van der Waals surface area contributed by atoms with Crippen LogP contribution in [0.2, 0.25) is 5.02 Å². The van der Waals surface area contributed by atoms with Gasteiger partial charge in [0, 0.05) is 10.6 Å². The molecule has 5 nitrogen and oxygen atoms in total. The summed E-state index contributed by atoms with van der Waals surface area (Å²) in [4.78, 5) is 13.2. The Bertz CT molecular complexity index is 1440. The molecule has 0 spiro atoms. The molecule has 0 fully saturated rings. The molecule has 4 aromatic rings. The number of anilines is 1. The van der Waals surface area contributed by atoms with Gasteiger partial charge in [-0.3, -0.25) is 9.10 Å². The van der Waals surface area contributed by atoms with Crippen LogP contribution in [0, 0.1) is 6.92 Å². The maximum atomic E-state index is 13.2. The van der Waals surface area contributed by atoms with Gasteiger partial charge in [0.25, 0.3) is 5.91 Å². The van der Waals surface area contributed by atoms with Gasteiger partial charge in [0.2, 0.25) is 10.0 Å². The van der Waals surface area contributed by atoms with Crippen molar-refractivity contribution in [1.29, 1.82) is 0 Å². The van der Waals surface area contributed by atoms with E-state index in [1.807, 2.05) is 67.6 Å². The molecule has 7 heteroatoms. The van der Waals surface area contributed by atoms with E-state index in [1.54, 1.807) is 42.5 Å². The SMILES string of the molecule is Cc1ccc(C(NC(=O)c2ccc(N(Cc3ccccc3Cl)S(C)(=O)=O)cc2)c2ccccc2)cc1. The Kier molecular flexibility index (Phi) is 7.77. The largest absolute Gasteiger partial charge is 0.341 e. The summed E-state index contributed by atoms with van der Waals surface area (Å²) in [6.45, 7) is 2.11. The number of aryl methyl sites for hydroxylation is 1. The summed E-state index contributed by atoms with van der Waals surface area (Å²) in [5.41, 5.74) is 4.65. The Balaban J connectivity index is 1.58.